The van der Waals surface area contributed by atoms with Crippen LogP contribution in [0.5, 0.6) is 5.75 Å². The lowest BCUT2D eigenvalue weighted by Crippen LogP contribution is -2.35. The smallest absolute Gasteiger partial charge is 0.320 e. The molecule has 4 aromatic rings. The Labute approximate surface area is 210 Å². The number of nitrogens with one attached hydrogen (secondary N) is 1. The van der Waals surface area contributed by atoms with Gasteiger partial charge in [0, 0.05) is 36.1 Å². The van der Waals surface area contributed by atoms with Crippen molar-refractivity contribution in [2.24, 2.45) is 0 Å². The lowest BCUT2D eigenvalue weighted by Gasteiger charge is -2.29. The van der Waals surface area contributed by atoms with Gasteiger partial charge in [0.15, 0.2) is 5.16 Å². The van der Waals surface area contributed by atoms with Gasteiger partial charge in [0.25, 0.3) is 0 Å². The molecule has 3 heterocycles. The van der Waals surface area contributed by atoms with E-state index in [0.717, 1.165) is 58.9 Å². The second-order valence-electron chi connectivity index (χ2n) is 8.26. The van der Waals surface area contributed by atoms with Crippen molar-refractivity contribution < 1.29 is 13.5 Å². The molecule has 0 radical (unpaired) electrons. The third kappa shape index (κ3) is 5.34. The number of imidazole rings is 1. The Hall–Kier alpha value is -2.95. The van der Waals surface area contributed by atoms with Crippen LogP contribution >= 0.6 is 23.4 Å². The van der Waals surface area contributed by atoms with Crippen LogP contribution in [0.15, 0.2) is 65.2 Å². The average Bonchev–Trinajstić information content (AvgIpc) is 3.31. The van der Waals surface area contributed by atoms with Gasteiger partial charge in [0.1, 0.15) is 24.0 Å². The Morgan fingerprint density at radius 2 is 1.97 bits per heavy atom. The molecule has 35 heavy (non-hydrogen) atoms. The molecular formula is C24H23ClF2N6OS. The molecule has 1 saturated heterocycles. The van der Waals surface area contributed by atoms with E-state index in [4.69, 9.17) is 16.3 Å². The minimum absolute atomic E-state index is 0.136. The van der Waals surface area contributed by atoms with Crippen LogP contribution in [0.4, 0.5) is 20.3 Å². The summed E-state index contributed by atoms with van der Waals surface area (Å²) in [5.41, 5.74) is 1.47. The molecule has 0 saturated carbocycles. The standard InChI is InChI=1S/C24H23ClF2N6OS/c1-32-10-7-16(8-11-32)34-19-4-2-3-18-21(19)22(30-14-29-18)31-15-5-6-20(17(25)13-15)35-24-28-9-12-33(24)23(26)27/h2-6,9,12-14,16,23H,7-8,10-11H2,1H3,(H,29,30,31). The minimum Gasteiger partial charge on any atom is -0.489 e. The van der Waals surface area contributed by atoms with Gasteiger partial charge in [0.05, 0.1) is 15.9 Å². The monoisotopic (exact) mass is 516 g/mol. The highest BCUT2D eigenvalue weighted by atomic mass is 35.5. The maximum Gasteiger partial charge on any atom is 0.320 e. The molecule has 0 unspecified atom stereocenters. The number of halogens is 3. The molecular weight excluding hydrogens is 494 g/mol. The largest absolute Gasteiger partial charge is 0.489 e. The molecule has 0 aliphatic carbocycles. The Balaban J connectivity index is 1.39. The van der Waals surface area contributed by atoms with E-state index >= 15 is 0 Å². The van der Waals surface area contributed by atoms with Crippen molar-refractivity contribution in [2.75, 3.05) is 25.5 Å². The zero-order valence-corrected chi connectivity index (χ0v) is 20.4. The Kier molecular flexibility index (Phi) is 7.03. The second-order valence-corrected chi connectivity index (χ2v) is 9.68. The van der Waals surface area contributed by atoms with Crippen LogP contribution in [0.1, 0.15) is 19.4 Å². The first kappa shape index (κ1) is 23.8. The van der Waals surface area contributed by atoms with E-state index in [0.29, 0.717) is 21.4 Å². The molecule has 1 N–H and O–H groups in total. The number of anilines is 2. The van der Waals surface area contributed by atoms with E-state index in [9.17, 15) is 8.78 Å². The van der Waals surface area contributed by atoms with Crippen molar-refractivity contribution >= 4 is 45.8 Å². The van der Waals surface area contributed by atoms with E-state index in [2.05, 4.69) is 32.2 Å². The molecule has 0 bridgehead atoms. The van der Waals surface area contributed by atoms with Gasteiger partial charge in [-0.2, -0.15) is 8.78 Å². The van der Waals surface area contributed by atoms with Gasteiger partial charge in [-0.15, -0.1) is 0 Å². The Bertz CT molecular complexity index is 1320. The van der Waals surface area contributed by atoms with Gasteiger partial charge >= 0.3 is 6.55 Å². The van der Waals surface area contributed by atoms with Crippen molar-refractivity contribution in [3.8, 4) is 5.75 Å². The molecule has 2 aromatic carbocycles. The first-order valence-corrected chi connectivity index (χ1v) is 12.3. The number of rotatable bonds is 7. The fourth-order valence-corrected chi connectivity index (χ4v) is 5.12. The highest BCUT2D eigenvalue weighted by Gasteiger charge is 2.20. The molecule has 1 aliphatic rings. The van der Waals surface area contributed by atoms with E-state index < -0.39 is 6.55 Å². The van der Waals surface area contributed by atoms with Crippen LogP contribution in [-0.4, -0.2) is 50.7 Å². The van der Waals surface area contributed by atoms with Crippen LogP contribution in [0.25, 0.3) is 10.9 Å². The van der Waals surface area contributed by atoms with Crippen LogP contribution in [-0.2, 0) is 0 Å². The van der Waals surface area contributed by atoms with Gasteiger partial charge in [-0.1, -0.05) is 17.7 Å². The number of ether oxygens (including phenoxy) is 1. The predicted molar refractivity (Wildman–Crippen MR) is 133 cm³/mol. The molecule has 5 rings (SSSR count). The Morgan fingerprint density at radius 1 is 1.14 bits per heavy atom. The number of piperidine rings is 1. The number of hydrogen-bond donors (Lipinski definition) is 1. The van der Waals surface area contributed by atoms with Crippen molar-refractivity contribution in [2.45, 2.75) is 35.5 Å². The molecule has 1 aliphatic heterocycles. The second kappa shape index (κ2) is 10.3. The third-order valence-electron chi connectivity index (χ3n) is 5.82. The van der Waals surface area contributed by atoms with Gasteiger partial charge in [-0.25, -0.2) is 15.0 Å². The molecule has 7 nitrogen and oxygen atoms in total. The predicted octanol–water partition coefficient (Wildman–Crippen LogP) is 6.24. The SMILES string of the molecule is CN1CCC(Oc2cccc3ncnc(Nc4ccc(Sc5nccn5C(F)F)c(Cl)c4)c23)CC1. The number of nitrogens with zero attached hydrogens (tertiary/aromatic N) is 5. The molecule has 0 atom stereocenters. The number of aromatic nitrogens is 4. The number of alkyl halides is 2. The summed E-state index contributed by atoms with van der Waals surface area (Å²) in [6, 6.07) is 11.1. The van der Waals surface area contributed by atoms with E-state index in [-0.39, 0.29) is 11.3 Å². The Morgan fingerprint density at radius 3 is 2.74 bits per heavy atom. The van der Waals surface area contributed by atoms with Crippen LogP contribution < -0.4 is 10.1 Å². The van der Waals surface area contributed by atoms with Gasteiger partial charge in [0.2, 0.25) is 0 Å². The molecule has 182 valence electrons. The topological polar surface area (TPSA) is 68.1 Å². The lowest BCUT2D eigenvalue weighted by atomic mass is 10.1. The summed E-state index contributed by atoms with van der Waals surface area (Å²) in [7, 11) is 2.12. The fraction of sp³-hybridized carbons (Fsp3) is 0.292. The van der Waals surface area contributed by atoms with Gasteiger partial charge in [-0.3, -0.25) is 4.57 Å². The minimum atomic E-state index is -2.67. The van der Waals surface area contributed by atoms with E-state index in [1.807, 2.05) is 24.3 Å². The highest BCUT2D eigenvalue weighted by Crippen LogP contribution is 2.37. The average molecular weight is 517 g/mol. The first-order valence-electron chi connectivity index (χ1n) is 11.1. The summed E-state index contributed by atoms with van der Waals surface area (Å²) in [5, 5.41) is 4.68. The normalized spacial score (nSPS) is 15.1. The maximum absolute atomic E-state index is 13.1. The van der Waals surface area contributed by atoms with Gasteiger partial charge < -0.3 is 15.0 Å². The van der Waals surface area contributed by atoms with E-state index in [1.54, 1.807) is 12.1 Å². The van der Waals surface area contributed by atoms with Crippen LogP contribution in [0.3, 0.4) is 0 Å². The quantitative estimate of drug-likeness (QED) is 0.311. The molecule has 2 aromatic heterocycles. The number of fused-ring (bicyclic) bond motifs is 1. The summed E-state index contributed by atoms with van der Waals surface area (Å²) in [5.74, 6) is 1.33. The molecule has 0 spiro atoms. The fourth-order valence-electron chi connectivity index (χ4n) is 3.98. The summed E-state index contributed by atoms with van der Waals surface area (Å²) in [6.45, 7) is -0.675. The van der Waals surface area contributed by atoms with Crippen molar-refractivity contribution in [3.63, 3.8) is 0 Å². The van der Waals surface area contributed by atoms with Crippen LogP contribution in [0.2, 0.25) is 5.02 Å². The number of likely N-dealkylation sites (tertiary alicyclic amines) is 1. The van der Waals surface area contributed by atoms with Gasteiger partial charge in [-0.05, 0) is 62.0 Å². The number of hydrogen-bond acceptors (Lipinski definition) is 7. The summed E-state index contributed by atoms with van der Waals surface area (Å²) in [6.07, 6.45) is 6.13. The molecule has 0 amide bonds. The molecule has 1 fully saturated rings. The zero-order chi connectivity index (χ0) is 24.4. The van der Waals surface area contributed by atoms with Crippen LogP contribution in [0, 0.1) is 0 Å². The number of benzene rings is 2. The van der Waals surface area contributed by atoms with Crippen molar-refractivity contribution in [3.05, 3.63) is 60.1 Å². The lowest BCUT2D eigenvalue weighted by molar-refractivity contribution is 0.0610. The van der Waals surface area contributed by atoms with Crippen molar-refractivity contribution in [1.29, 1.82) is 0 Å². The zero-order valence-electron chi connectivity index (χ0n) is 18.9. The van der Waals surface area contributed by atoms with E-state index in [1.165, 1.54) is 18.7 Å². The maximum atomic E-state index is 13.1. The summed E-state index contributed by atoms with van der Waals surface area (Å²) >= 11 is 7.57. The summed E-state index contributed by atoms with van der Waals surface area (Å²) < 4.78 is 33.5. The van der Waals surface area contributed by atoms with Crippen molar-refractivity contribution in [1.82, 2.24) is 24.4 Å². The third-order valence-corrected chi connectivity index (χ3v) is 7.32. The molecule has 11 heteroatoms. The summed E-state index contributed by atoms with van der Waals surface area (Å²) in [4.78, 5) is 15.8. The highest BCUT2D eigenvalue weighted by molar-refractivity contribution is 7.99. The first-order chi connectivity index (χ1) is 17.0.